The number of ether oxygens (including phenoxy) is 1. The molecule has 0 aromatic carbocycles. The van der Waals surface area contributed by atoms with Gasteiger partial charge in [0.05, 0.1) is 17.6 Å². The molecule has 0 saturated heterocycles. The third-order valence-electron chi connectivity index (χ3n) is 2.68. The lowest BCUT2D eigenvalue weighted by atomic mass is 10.2. The van der Waals surface area contributed by atoms with Crippen molar-refractivity contribution in [3.05, 3.63) is 0 Å². The molecule has 1 unspecified atom stereocenters. The zero-order chi connectivity index (χ0) is 10.6. The first-order valence-electron chi connectivity index (χ1n) is 5.24. The summed E-state index contributed by atoms with van der Waals surface area (Å²) >= 11 is 5.09. The van der Waals surface area contributed by atoms with E-state index >= 15 is 0 Å². The Balaban J connectivity index is 2.50. The van der Waals surface area contributed by atoms with Gasteiger partial charge in [-0.25, -0.2) is 0 Å². The maximum Gasteiger partial charge on any atom is 0.0902 e. The van der Waals surface area contributed by atoms with Crippen LogP contribution in [0.25, 0.3) is 0 Å². The van der Waals surface area contributed by atoms with Gasteiger partial charge in [-0.3, -0.25) is 4.90 Å². The lowest BCUT2D eigenvalue weighted by molar-refractivity contribution is 0.131. The van der Waals surface area contributed by atoms with Gasteiger partial charge in [0.15, 0.2) is 0 Å². The van der Waals surface area contributed by atoms with Gasteiger partial charge in [0.1, 0.15) is 0 Å². The molecule has 1 saturated carbocycles. The fraction of sp³-hybridized carbons (Fsp3) is 0.900. The van der Waals surface area contributed by atoms with E-state index in [1.807, 2.05) is 0 Å². The lowest BCUT2D eigenvalue weighted by Crippen LogP contribution is -2.46. The zero-order valence-electron chi connectivity index (χ0n) is 9.03. The molecule has 0 spiro atoms. The summed E-state index contributed by atoms with van der Waals surface area (Å²) in [4.78, 5) is 3.02. The third kappa shape index (κ3) is 3.19. The van der Waals surface area contributed by atoms with Gasteiger partial charge in [0.2, 0.25) is 0 Å². The van der Waals surface area contributed by atoms with Crippen molar-refractivity contribution in [2.75, 3.05) is 20.3 Å². The molecule has 14 heavy (non-hydrogen) atoms. The highest BCUT2D eigenvalue weighted by atomic mass is 32.1. The predicted molar refractivity (Wildman–Crippen MR) is 62.5 cm³/mol. The van der Waals surface area contributed by atoms with Crippen LogP contribution in [0.3, 0.4) is 0 Å². The maximum absolute atomic E-state index is 5.73. The number of nitrogens with two attached hydrogens (primary N) is 1. The third-order valence-corrected chi connectivity index (χ3v) is 2.96. The van der Waals surface area contributed by atoms with Crippen molar-refractivity contribution in [2.24, 2.45) is 5.73 Å². The van der Waals surface area contributed by atoms with Crippen molar-refractivity contribution < 1.29 is 4.74 Å². The largest absolute Gasteiger partial charge is 0.392 e. The van der Waals surface area contributed by atoms with Crippen LogP contribution < -0.4 is 5.73 Å². The number of hydrogen-bond donors (Lipinski definition) is 1. The summed E-state index contributed by atoms with van der Waals surface area (Å²) in [5.74, 6) is 0. The van der Waals surface area contributed by atoms with E-state index in [1.54, 1.807) is 7.11 Å². The van der Waals surface area contributed by atoms with Crippen LogP contribution in [0.5, 0.6) is 0 Å². The number of rotatable bonds is 7. The van der Waals surface area contributed by atoms with Crippen LogP contribution in [-0.4, -0.2) is 42.2 Å². The average Bonchev–Trinajstić information content (AvgIpc) is 2.94. The number of hydrogen-bond acceptors (Lipinski definition) is 3. The van der Waals surface area contributed by atoms with Gasteiger partial charge in [-0.15, -0.1) is 0 Å². The topological polar surface area (TPSA) is 38.5 Å². The molecule has 0 amide bonds. The summed E-state index contributed by atoms with van der Waals surface area (Å²) in [7, 11) is 1.73. The highest BCUT2D eigenvalue weighted by molar-refractivity contribution is 7.80. The summed E-state index contributed by atoms with van der Waals surface area (Å²) in [5.41, 5.74) is 5.73. The molecule has 3 nitrogen and oxygen atoms in total. The quantitative estimate of drug-likeness (QED) is 0.648. The van der Waals surface area contributed by atoms with Crippen molar-refractivity contribution in [1.82, 2.24) is 4.90 Å². The smallest absolute Gasteiger partial charge is 0.0902 e. The second-order valence-electron chi connectivity index (χ2n) is 3.79. The van der Waals surface area contributed by atoms with Gasteiger partial charge in [-0.2, -0.15) is 0 Å². The molecule has 1 aliphatic carbocycles. The van der Waals surface area contributed by atoms with E-state index in [4.69, 9.17) is 22.7 Å². The van der Waals surface area contributed by atoms with Gasteiger partial charge in [0, 0.05) is 19.7 Å². The second-order valence-corrected chi connectivity index (χ2v) is 4.26. The molecule has 2 N–H and O–H groups in total. The minimum absolute atomic E-state index is 0.257. The first-order valence-corrected chi connectivity index (χ1v) is 5.65. The van der Waals surface area contributed by atoms with E-state index in [1.165, 1.54) is 12.8 Å². The Hall–Kier alpha value is -0.190. The molecule has 82 valence electrons. The van der Waals surface area contributed by atoms with Gasteiger partial charge in [-0.05, 0) is 19.3 Å². The normalized spacial score (nSPS) is 18.5. The maximum atomic E-state index is 5.73. The van der Waals surface area contributed by atoms with Crippen molar-refractivity contribution >= 4 is 17.2 Å². The standard InChI is InChI=1S/C10H20N2OS/c1-3-9(10(11)14)12(6-7-13-2)8-4-5-8/h8-9H,3-7H2,1-2H3,(H2,11,14). The fourth-order valence-corrected chi connectivity index (χ4v) is 2.10. The summed E-state index contributed by atoms with van der Waals surface area (Å²) in [5, 5.41) is 0. The molecule has 0 heterocycles. The molecular weight excluding hydrogens is 196 g/mol. The highest BCUT2D eigenvalue weighted by Gasteiger charge is 2.33. The van der Waals surface area contributed by atoms with Gasteiger partial charge in [-0.1, -0.05) is 19.1 Å². The van der Waals surface area contributed by atoms with Gasteiger partial charge >= 0.3 is 0 Å². The molecule has 0 aromatic rings. The zero-order valence-corrected chi connectivity index (χ0v) is 9.85. The van der Waals surface area contributed by atoms with E-state index in [9.17, 15) is 0 Å². The van der Waals surface area contributed by atoms with Crippen molar-refractivity contribution in [3.63, 3.8) is 0 Å². The molecule has 0 aromatic heterocycles. The van der Waals surface area contributed by atoms with E-state index < -0.39 is 0 Å². The molecule has 1 rings (SSSR count). The Labute approximate surface area is 91.6 Å². The molecule has 1 fully saturated rings. The van der Waals surface area contributed by atoms with E-state index in [-0.39, 0.29) is 6.04 Å². The molecule has 4 heteroatoms. The molecule has 1 atom stereocenters. The average molecular weight is 216 g/mol. The van der Waals surface area contributed by atoms with E-state index in [0.717, 1.165) is 19.6 Å². The summed E-state index contributed by atoms with van der Waals surface area (Å²) in [6.45, 7) is 3.83. The van der Waals surface area contributed by atoms with Gasteiger partial charge in [0.25, 0.3) is 0 Å². The van der Waals surface area contributed by atoms with Crippen molar-refractivity contribution in [3.8, 4) is 0 Å². The Morgan fingerprint density at radius 1 is 1.64 bits per heavy atom. The Morgan fingerprint density at radius 3 is 2.64 bits per heavy atom. The van der Waals surface area contributed by atoms with E-state index in [2.05, 4.69) is 11.8 Å². The van der Waals surface area contributed by atoms with Gasteiger partial charge < -0.3 is 10.5 Å². The van der Waals surface area contributed by atoms with Crippen molar-refractivity contribution in [1.29, 1.82) is 0 Å². The summed E-state index contributed by atoms with van der Waals surface area (Å²) < 4.78 is 5.10. The number of methoxy groups -OCH3 is 1. The van der Waals surface area contributed by atoms with Crippen LogP contribution in [0.15, 0.2) is 0 Å². The molecule has 0 bridgehead atoms. The second kappa shape index (κ2) is 5.63. The summed E-state index contributed by atoms with van der Waals surface area (Å²) in [6, 6.07) is 0.948. The Bertz CT molecular complexity index is 195. The Morgan fingerprint density at radius 2 is 2.29 bits per heavy atom. The first kappa shape index (κ1) is 11.9. The monoisotopic (exact) mass is 216 g/mol. The van der Waals surface area contributed by atoms with Crippen LogP contribution >= 0.6 is 12.2 Å². The SMILES string of the molecule is CCC(C(N)=S)N(CCOC)C1CC1. The van der Waals surface area contributed by atoms with Crippen LogP contribution in [0.2, 0.25) is 0 Å². The minimum Gasteiger partial charge on any atom is -0.392 e. The molecule has 0 aliphatic heterocycles. The fourth-order valence-electron chi connectivity index (χ4n) is 1.79. The Kier molecular flexibility index (Phi) is 4.78. The molecule has 1 aliphatic rings. The minimum atomic E-state index is 0.257. The first-order chi connectivity index (χ1) is 6.70. The van der Waals surface area contributed by atoms with Crippen LogP contribution in [0, 0.1) is 0 Å². The number of nitrogens with zero attached hydrogens (tertiary/aromatic N) is 1. The summed E-state index contributed by atoms with van der Waals surface area (Å²) in [6.07, 6.45) is 3.56. The number of thiocarbonyl (C=S) groups is 1. The van der Waals surface area contributed by atoms with Crippen LogP contribution in [0.1, 0.15) is 26.2 Å². The van der Waals surface area contributed by atoms with Crippen molar-refractivity contribution in [2.45, 2.75) is 38.3 Å². The molecular formula is C10H20N2OS. The lowest BCUT2D eigenvalue weighted by Gasteiger charge is -2.30. The predicted octanol–water partition coefficient (Wildman–Crippen LogP) is 1.16. The highest BCUT2D eigenvalue weighted by Crippen LogP contribution is 2.29. The van der Waals surface area contributed by atoms with Crippen LogP contribution in [-0.2, 0) is 4.74 Å². The molecule has 0 radical (unpaired) electrons. The van der Waals surface area contributed by atoms with E-state index in [0.29, 0.717) is 11.0 Å². The van der Waals surface area contributed by atoms with Crippen LogP contribution in [0.4, 0.5) is 0 Å².